The maximum atomic E-state index is 12.2. The molecule has 0 saturated carbocycles. The first-order valence-corrected chi connectivity index (χ1v) is 6.70. The molecule has 1 aromatic carbocycles. The van der Waals surface area contributed by atoms with E-state index in [-0.39, 0.29) is 16.8 Å². The molecular weight excluding hydrogens is 300 g/mol. The predicted molar refractivity (Wildman–Crippen MR) is 84.1 cm³/mol. The third-order valence-electron chi connectivity index (χ3n) is 3.25. The van der Waals surface area contributed by atoms with Crippen molar-refractivity contribution in [3.63, 3.8) is 0 Å². The van der Waals surface area contributed by atoms with Gasteiger partial charge in [0, 0.05) is 11.6 Å². The van der Waals surface area contributed by atoms with Gasteiger partial charge in [-0.1, -0.05) is 12.1 Å². The molecule has 1 amide bonds. The number of benzene rings is 1. The average Bonchev–Trinajstić information content (AvgIpc) is 2.55. The number of ether oxygens (including phenoxy) is 1. The fourth-order valence-electron chi connectivity index (χ4n) is 2.15. The van der Waals surface area contributed by atoms with Crippen LogP contribution in [0.4, 0.5) is 5.69 Å². The van der Waals surface area contributed by atoms with Crippen LogP contribution in [0.2, 0.25) is 0 Å². The topological polar surface area (TPSA) is 101 Å². The van der Waals surface area contributed by atoms with Gasteiger partial charge in [0.25, 0.3) is 11.5 Å². The molecule has 0 aliphatic rings. The lowest BCUT2D eigenvalue weighted by Crippen LogP contribution is -2.24. The minimum Gasteiger partial charge on any atom is -0.493 e. The molecule has 0 atom stereocenters. The van der Waals surface area contributed by atoms with E-state index in [1.54, 1.807) is 24.3 Å². The number of aromatic nitrogens is 1. The Morgan fingerprint density at radius 1 is 1.22 bits per heavy atom. The summed E-state index contributed by atoms with van der Waals surface area (Å²) in [7, 11) is 1.46. The van der Waals surface area contributed by atoms with Crippen molar-refractivity contribution in [3.8, 4) is 5.75 Å². The van der Waals surface area contributed by atoms with Crippen molar-refractivity contribution in [2.75, 3.05) is 12.4 Å². The Bertz CT molecular complexity index is 1000. The normalized spacial score (nSPS) is 10.5. The molecule has 0 saturated heterocycles. The number of rotatable bonds is 3. The molecule has 7 heteroatoms. The summed E-state index contributed by atoms with van der Waals surface area (Å²) in [4.78, 5) is 38.3. The summed E-state index contributed by atoms with van der Waals surface area (Å²) in [5, 5.41) is 2.92. The van der Waals surface area contributed by atoms with Crippen LogP contribution in [-0.4, -0.2) is 18.0 Å². The first-order chi connectivity index (χ1) is 11.1. The highest BCUT2D eigenvalue weighted by Gasteiger charge is 2.16. The fraction of sp³-hybridized carbons (Fsp3) is 0.0625. The third-order valence-corrected chi connectivity index (χ3v) is 3.25. The summed E-state index contributed by atoms with van der Waals surface area (Å²) in [6.07, 6.45) is 1.44. The van der Waals surface area contributed by atoms with Crippen LogP contribution in [0.1, 0.15) is 10.4 Å². The van der Waals surface area contributed by atoms with Crippen molar-refractivity contribution in [1.29, 1.82) is 0 Å². The van der Waals surface area contributed by atoms with Gasteiger partial charge in [0.2, 0.25) is 0 Å². The SMILES string of the molecule is COc1cccc2cc(C(=O)Nc3ccc[nH]c3=O)c(=O)oc12. The van der Waals surface area contributed by atoms with Gasteiger partial charge in [-0.3, -0.25) is 9.59 Å². The molecule has 0 spiro atoms. The van der Waals surface area contributed by atoms with Crippen molar-refractivity contribution in [3.05, 3.63) is 68.9 Å². The molecule has 2 heterocycles. The summed E-state index contributed by atoms with van der Waals surface area (Å²) < 4.78 is 10.3. The van der Waals surface area contributed by atoms with E-state index in [9.17, 15) is 14.4 Å². The Kier molecular flexibility index (Phi) is 3.68. The van der Waals surface area contributed by atoms with E-state index in [0.717, 1.165) is 0 Å². The Balaban J connectivity index is 2.05. The summed E-state index contributed by atoms with van der Waals surface area (Å²) in [5.41, 5.74) is -1.18. The monoisotopic (exact) mass is 312 g/mol. The first kappa shape index (κ1) is 14.6. The lowest BCUT2D eigenvalue weighted by Gasteiger charge is -2.06. The average molecular weight is 312 g/mol. The van der Waals surface area contributed by atoms with Crippen LogP contribution in [0, 0.1) is 0 Å². The molecule has 0 aliphatic heterocycles. The van der Waals surface area contributed by atoms with Crippen LogP contribution < -0.4 is 21.2 Å². The maximum absolute atomic E-state index is 12.2. The van der Waals surface area contributed by atoms with E-state index >= 15 is 0 Å². The van der Waals surface area contributed by atoms with Gasteiger partial charge >= 0.3 is 5.63 Å². The molecule has 0 unspecified atom stereocenters. The third kappa shape index (κ3) is 2.71. The predicted octanol–water partition coefficient (Wildman–Crippen LogP) is 1.74. The fourth-order valence-corrected chi connectivity index (χ4v) is 2.15. The number of carbonyl (C=O) groups excluding carboxylic acids is 1. The van der Waals surface area contributed by atoms with Gasteiger partial charge in [-0.15, -0.1) is 0 Å². The zero-order valence-electron chi connectivity index (χ0n) is 12.1. The number of methoxy groups -OCH3 is 1. The molecule has 0 fully saturated rings. The summed E-state index contributed by atoms with van der Waals surface area (Å²) in [5.74, 6) is -0.328. The number of H-pyrrole nitrogens is 1. The molecule has 2 aromatic heterocycles. The van der Waals surface area contributed by atoms with Crippen LogP contribution in [-0.2, 0) is 0 Å². The largest absolute Gasteiger partial charge is 0.493 e. The van der Waals surface area contributed by atoms with E-state index in [0.29, 0.717) is 11.1 Å². The lowest BCUT2D eigenvalue weighted by molar-refractivity contribution is 0.102. The molecule has 0 radical (unpaired) electrons. The Morgan fingerprint density at radius 2 is 2.04 bits per heavy atom. The molecule has 3 aromatic rings. The highest BCUT2D eigenvalue weighted by atomic mass is 16.5. The molecule has 7 nitrogen and oxygen atoms in total. The van der Waals surface area contributed by atoms with Crippen molar-refractivity contribution in [2.24, 2.45) is 0 Å². The zero-order valence-corrected chi connectivity index (χ0v) is 12.1. The van der Waals surface area contributed by atoms with Crippen LogP contribution in [0.25, 0.3) is 11.0 Å². The second-order valence-electron chi connectivity index (χ2n) is 4.69. The standard InChI is InChI=1S/C16H12N2O5/c1-22-12-6-2-4-9-8-10(16(21)23-13(9)12)14(19)18-11-5-3-7-17-15(11)20/h2-8H,1H3,(H,17,20)(H,18,19). The molecule has 0 aliphatic carbocycles. The zero-order chi connectivity index (χ0) is 16.4. The molecule has 23 heavy (non-hydrogen) atoms. The summed E-state index contributed by atoms with van der Waals surface area (Å²) >= 11 is 0. The Hall–Kier alpha value is -3.35. The van der Waals surface area contributed by atoms with Crippen LogP contribution >= 0.6 is 0 Å². The smallest absolute Gasteiger partial charge is 0.349 e. The number of hydrogen-bond donors (Lipinski definition) is 2. The Morgan fingerprint density at radius 3 is 2.78 bits per heavy atom. The Labute approximate surface area is 129 Å². The molecule has 2 N–H and O–H groups in total. The van der Waals surface area contributed by atoms with Crippen molar-refractivity contribution >= 4 is 22.6 Å². The van der Waals surface area contributed by atoms with E-state index in [1.807, 2.05) is 0 Å². The van der Waals surface area contributed by atoms with Gasteiger partial charge in [0.15, 0.2) is 11.3 Å². The molecule has 0 bridgehead atoms. The van der Waals surface area contributed by atoms with E-state index in [4.69, 9.17) is 9.15 Å². The van der Waals surface area contributed by atoms with Crippen molar-refractivity contribution < 1.29 is 13.9 Å². The number of aromatic amines is 1. The van der Waals surface area contributed by atoms with Gasteiger partial charge in [0.05, 0.1) is 7.11 Å². The number of fused-ring (bicyclic) bond motifs is 1. The van der Waals surface area contributed by atoms with E-state index < -0.39 is 17.1 Å². The molecule has 3 rings (SSSR count). The minimum absolute atomic E-state index is 0.0441. The number of anilines is 1. The number of pyridine rings is 1. The quantitative estimate of drug-likeness (QED) is 0.717. The first-order valence-electron chi connectivity index (χ1n) is 6.70. The number of amides is 1. The highest BCUT2D eigenvalue weighted by molar-refractivity contribution is 6.05. The van der Waals surface area contributed by atoms with Crippen molar-refractivity contribution in [2.45, 2.75) is 0 Å². The second-order valence-corrected chi connectivity index (χ2v) is 4.69. The van der Waals surface area contributed by atoms with Gasteiger partial charge in [-0.25, -0.2) is 4.79 Å². The molecule has 116 valence electrons. The van der Waals surface area contributed by atoms with Gasteiger partial charge in [0.1, 0.15) is 11.3 Å². The highest BCUT2D eigenvalue weighted by Crippen LogP contribution is 2.24. The van der Waals surface area contributed by atoms with E-state index in [2.05, 4.69) is 10.3 Å². The number of hydrogen-bond acceptors (Lipinski definition) is 5. The van der Waals surface area contributed by atoms with Crippen LogP contribution in [0.15, 0.2) is 56.6 Å². The minimum atomic E-state index is -0.813. The van der Waals surface area contributed by atoms with Gasteiger partial charge < -0.3 is 19.5 Å². The van der Waals surface area contributed by atoms with Gasteiger partial charge in [-0.05, 0) is 24.3 Å². The number of nitrogens with one attached hydrogen (secondary N) is 2. The number of carbonyl (C=O) groups is 1. The summed E-state index contributed by atoms with van der Waals surface area (Å²) in [6.45, 7) is 0. The van der Waals surface area contributed by atoms with Crippen molar-refractivity contribution in [1.82, 2.24) is 4.98 Å². The lowest BCUT2D eigenvalue weighted by atomic mass is 10.1. The van der Waals surface area contributed by atoms with E-state index in [1.165, 1.54) is 25.4 Å². The number of para-hydroxylation sites is 1. The van der Waals surface area contributed by atoms with Gasteiger partial charge in [-0.2, -0.15) is 0 Å². The van der Waals surface area contributed by atoms with Crippen LogP contribution in [0.5, 0.6) is 5.75 Å². The second kappa shape index (κ2) is 5.80. The van der Waals surface area contributed by atoms with Crippen LogP contribution in [0.3, 0.4) is 0 Å². The molecular formula is C16H12N2O5. The maximum Gasteiger partial charge on any atom is 0.349 e. The summed E-state index contributed by atoms with van der Waals surface area (Å²) in [6, 6.07) is 9.44.